The van der Waals surface area contributed by atoms with Crippen LogP contribution in [0, 0.1) is 0 Å². The predicted molar refractivity (Wildman–Crippen MR) is 83.3 cm³/mol. The summed E-state index contributed by atoms with van der Waals surface area (Å²) in [6.45, 7) is 1.10. The fourth-order valence-electron chi connectivity index (χ4n) is 2.78. The highest BCUT2D eigenvalue weighted by Crippen LogP contribution is 2.31. The number of hydrogen-bond acceptors (Lipinski definition) is 4. The van der Waals surface area contributed by atoms with Crippen molar-refractivity contribution in [3.63, 3.8) is 0 Å². The molecule has 1 aromatic carbocycles. The summed E-state index contributed by atoms with van der Waals surface area (Å²) in [5.41, 5.74) is 7.45. The first kappa shape index (κ1) is 15.1. The van der Waals surface area contributed by atoms with Gasteiger partial charge in [0.1, 0.15) is 0 Å². The normalized spacial score (nSPS) is 20.2. The molecule has 0 amide bonds. The monoisotopic (exact) mass is 341 g/mol. The summed E-state index contributed by atoms with van der Waals surface area (Å²) < 4.78 is 0.954. The fourth-order valence-corrected chi connectivity index (χ4v) is 3.13. The van der Waals surface area contributed by atoms with Crippen LogP contribution in [0.5, 0.6) is 0 Å². The maximum absolute atomic E-state index is 9.24. The molecule has 0 spiro atoms. The average Bonchev–Trinajstić information content (AvgIpc) is 2.47. The molecule has 0 saturated carbocycles. The van der Waals surface area contributed by atoms with Crippen LogP contribution in [-0.2, 0) is 0 Å². The summed E-state index contributed by atoms with van der Waals surface area (Å²) in [5, 5.41) is 21.3. The van der Waals surface area contributed by atoms with Crippen molar-refractivity contribution in [2.45, 2.75) is 31.7 Å². The third kappa shape index (κ3) is 3.24. The molecule has 2 rings (SSSR count). The number of piperidine rings is 1. The topological polar surface area (TPSA) is 82.1 Å². The van der Waals surface area contributed by atoms with Crippen LogP contribution in [0.25, 0.3) is 0 Å². The van der Waals surface area contributed by atoms with E-state index in [9.17, 15) is 5.11 Å². The second kappa shape index (κ2) is 6.95. The lowest BCUT2D eigenvalue weighted by Gasteiger charge is -2.38. The van der Waals surface area contributed by atoms with Gasteiger partial charge in [0.2, 0.25) is 0 Å². The number of benzene rings is 1. The molecule has 1 aromatic rings. The summed E-state index contributed by atoms with van der Waals surface area (Å²) in [5.74, 6) is 0.112. The van der Waals surface area contributed by atoms with Crippen molar-refractivity contribution in [1.82, 2.24) is 0 Å². The van der Waals surface area contributed by atoms with E-state index in [2.05, 4.69) is 26.0 Å². The van der Waals surface area contributed by atoms with E-state index in [4.69, 9.17) is 10.9 Å². The van der Waals surface area contributed by atoms with Crippen LogP contribution in [0.4, 0.5) is 5.69 Å². The van der Waals surface area contributed by atoms with Gasteiger partial charge in [0, 0.05) is 34.9 Å². The molecule has 0 aliphatic carbocycles. The molecule has 1 heterocycles. The van der Waals surface area contributed by atoms with Crippen molar-refractivity contribution in [2.75, 3.05) is 18.1 Å². The number of amidine groups is 1. The van der Waals surface area contributed by atoms with Crippen molar-refractivity contribution in [1.29, 1.82) is 0 Å². The molecule has 1 aliphatic heterocycles. The summed E-state index contributed by atoms with van der Waals surface area (Å²) in [7, 11) is 0. The Labute approximate surface area is 127 Å². The van der Waals surface area contributed by atoms with Crippen LogP contribution in [0.3, 0.4) is 0 Å². The van der Waals surface area contributed by atoms with Crippen LogP contribution in [0.15, 0.2) is 27.8 Å². The summed E-state index contributed by atoms with van der Waals surface area (Å²) >= 11 is 3.47. The van der Waals surface area contributed by atoms with Gasteiger partial charge < -0.3 is 20.9 Å². The Hall–Kier alpha value is -1.27. The predicted octanol–water partition coefficient (Wildman–Crippen LogP) is 2.28. The molecule has 1 fully saturated rings. The molecule has 0 bridgehead atoms. The Morgan fingerprint density at radius 2 is 2.25 bits per heavy atom. The van der Waals surface area contributed by atoms with Gasteiger partial charge in [0.15, 0.2) is 5.84 Å². The van der Waals surface area contributed by atoms with E-state index >= 15 is 0 Å². The van der Waals surface area contributed by atoms with E-state index in [1.165, 1.54) is 6.42 Å². The molecule has 0 aromatic heterocycles. The molecule has 1 aliphatic rings. The zero-order chi connectivity index (χ0) is 14.5. The Kier molecular flexibility index (Phi) is 5.25. The molecule has 6 heteroatoms. The van der Waals surface area contributed by atoms with E-state index in [1.807, 2.05) is 18.2 Å². The van der Waals surface area contributed by atoms with Gasteiger partial charge in [0.25, 0.3) is 0 Å². The molecule has 4 N–H and O–H groups in total. The second-order valence-corrected chi connectivity index (χ2v) is 5.92. The summed E-state index contributed by atoms with van der Waals surface area (Å²) in [4.78, 5) is 2.26. The SMILES string of the molecule is N/C(=N/O)c1ccc(Br)cc1N1CCCCC1CCO. The molecule has 110 valence electrons. The number of hydrogen-bond donors (Lipinski definition) is 3. The molecule has 5 nitrogen and oxygen atoms in total. The van der Waals surface area contributed by atoms with Gasteiger partial charge in [-0.15, -0.1) is 0 Å². The van der Waals surface area contributed by atoms with Crippen molar-refractivity contribution < 1.29 is 10.3 Å². The maximum atomic E-state index is 9.24. The zero-order valence-electron chi connectivity index (χ0n) is 11.3. The van der Waals surface area contributed by atoms with Gasteiger partial charge in [-0.25, -0.2) is 0 Å². The number of rotatable bonds is 4. The highest BCUT2D eigenvalue weighted by molar-refractivity contribution is 9.10. The second-order valence-electron chi connectivity index (χ2n) is 5.00. The van der Waals surface area contributed by atoms with E-state index in [0.29, 0.717) is 6.04 Å². The number of anilines is 1. The molecule has 0 radical (unpaired) electrons. The standard InChI is InChI=1S/C14H20BrN3O2/c15-10-4-5-12(14(16)17-20)13(9-10)18-7-2-1-3-11(18)6-8-19/h4-5,9,11,19-20H,1-3,6-8H2,(H2,16,17). The van der Waals surface area contributed by atoms with Gasteiger partial charge in [-0.3, -0.25) is 0 Å². The first-order valence-corrected chi connectivity index (χ1v) is 7.61. The van der Waals surface area contributed by atoms with Crippen LogP contribution >= 0.6 is 15.9 Å². The Morgan fingerprint density at radius 1 is 1.45 bits per heavy atom. The fraction of sp³-hybridized carbons (Fsp3) is 0.500. The van der Waals surface area contributed by atoms with Gasteiger partial charge in [-0.2, -0.15) is 0 Å². The number of nitrogens with two attached hydrogens (primary N) is 1. The lowest BCUT2D eigenvalue weighted by atomic mass is 9.97. The Balaban J connectivity index is 2.40. The largest absolute Gasteiger partial charge is 0.409 e. The molecule has 1 unspecified atom stereocenters. The third-order valence-corrected chi connectivity index (χ3v) is 4.24. The molecular weight excluding hydrogens is 322 g/mol. The van der Waals surface area contributed by atoms with Crippen molar-refractivity contribution in [3.8, 4) is 0 Å². The van der Waals surface area contributed by atoms with Crippen molar-refractivity contribution >= 4 is 27.5 Å². The van der Waals surface area contributed by atoms with Crippen molar-refractivity contribution in [2.24, 2.45) is 10.9 Å². The lowest BCUT2D eigenvalue weighted by molar-refractivity contribution is 0.262. The quantitative estimate of drug-likeness (QED) is 0.339. The first-order chi connectivity index (χ1) is 9.67. The number of aliphatic hydroxyl groups is 1. The van der Waals surface area contributed by atoms with E-state index in [-0.39, 0.29) is 12.4 Å². The maximum Gasteiger partial charge on any atom is 0.172 e. The molecule has 1 atom stereocenters. The van der Waals surface area contributed by atoms with Gasteiger partial charge in [-0.05, 0) is 43.9 Å². The van der Waals surface area contributed by atoms with Crippen LogP contribution < -0.4 is 10.6 Å². The van der Waals surface area contributed by atoms with Gasteiger partial charge >= 0.3 is 0 Å². The first-order valence-electron chi connectivity index (χ1n) is 6.82. The van der Waals surface area contributed by atoms with E-state index < -0.39 is 0 Å². The third-order valence-electron chi connectivity index (χ3n) is 3.74. The minimum absolute atomic E-state index is 0.112. The van der Waals surface area contributed by atoms with Crippen LogP contribution in [0.1, 0.15) is 31.2 Å². The van der Waals surface area contributed by atoms with Crippen LogP contribution in [0.2, 0.25) is 0 Å². The van der Waals surface area contributed by atoms with Gasteiger partial charge in [-0.1, -0.05) is 21.1 Å². The minimum atomic E-state index is 0.112. The molecular formula is C14H20BrN3O2. The lowest BCUT2D eigenvalue weighted by Crippen LogP contribution is -2.41. The smallest absolute Gasteiger partial charge is 0.172 e. The van der Waals surface area contributed by atoms with Crippen molar-refractivity contribution in [3.05, 3.63) is 28.2 Å². The summed E-state index contributed by atoms with van der Waals surface area (Å²) in [6.07, 6.45) is 4.09. The average molecular weight is 342 g/mol. The number of halogens is 1. The zero-order valence-corrected chi connectivity index (χ0v) is 12.9. The summed E-state index contributed by atoms with van der Waals surface area (Å²) in [6, 6.07) is 6.01. The molecule has 1 saturated heterocycles. The van der Waals surface area contributed by atoms with E-state index in [0.717, 1.165) is 41.5 Å². The Bertz CT molecular complexity index is 491. The Morgan fingerprint density at radius 3 is 2.95 bits per heavy atom. The van der Waals surface area contributed by atoms with Gasteiger partial charge in [0.05, 0.1) is 0 Å². The number of aliphatic hydroxyl groups excluding tert-OH is 1. The van der Waals surface area contributed by atoms with E-state index in [1.54, 1.807) is 0 Å². The molecule has 20 heavy (non-hydrogen) atoms. The van der Waals surface area contributed by atoms with Crippen LogP contribution in [-0.4, -0.2) is 35.3 Å². The minimum Gasteiger partial charge on any atom is -0.409 e. The number of oxime groups is 1. The highest BCUT2D eigenvalue weighted by atomic mass is 79.9. The highest BCUT2D eigenvalue weighted by Gasteiger charge is 2.25. The number of nitrogens with zero attached hydrogens (tertiary/aromatic N) is 2.